The van der Waals surface area contributed by atoms with Gasteiger partial charge < -0.3 is 18.9 Å². The first-order chi connectivity index (χ1) is 11.5. The summed E-state index contributed by atoms with van der Waals surface area (Å²) in [7, 11) is 1.42. The van der Waals surface area contributed by atoms with Crippen molar-refractivity contribution < 1.29 is 51.3 Å². The highest BCUT2D eigenvalue weighted by Crippen LogP contribution is 2.76. The summed E-state index contributed by atoms with van der Waals surface area (Å²) in [5.41, 5.74) is -6.54. The number of ether oxygens (including phenoxy) is 4. The van der Waals surface area contributed by atoms with Gasteiger partial charge in [-0.15, -0.1) is 0 Å². The van der Waals surface area contributed by atoms with Crippen LogP contribution in [0, 0.1) is 16.7 Å². The Balaban J connectivity index is 3.79. The van der Waals surface area contributed by atoms with Gasteiger partial charge in [-0.3, -0.25) is 19.2 Å². The highest BCUT2D eigenvalue weighted by atomic mass is 19.4. The minimum absolute atomic E-state index is 0.400. The highest BCUT2D eigenvalue weighted by molar-refractivity contribution is 6.22. The number of carbonyl (C=O) groups is 4. The fraction of sp³-hybridized carbons (Fsp3) is 0.714. The Morgan fingerprint density at radius 1 is 0.800 bits per heavy atom. The molecule has 0 aromatic rings. The van der Waals surface area contributed by atoms with E-state index in [1.807, 2.05) is 0 Å². The summed E-state index contributed by atoms with van der Waals surface area (Å²) in [6, 6.07) is 0. The molecule has 0 radical (unpaired) electrons. The van der Waals surface area contributed by atoms with Crippen LogP contribution in [0.3, 0.4) is 0 Å². The van der Waals surface area contributed by atoms with E-state index in [4.69, 9.17) is 0 Å². The Bertz CT molecular complexity index is 549. The first-order valence-corrected chi connectivity index (χ1v) is 7.12. The molecule has 25 heavy (non-hydrogen) atoms. The van der Waals surface area contributed by atoms with E-state index in [1.165, 1.54) is 13.8 Å². The van der Waals surface area contributed by atoms with E-state index in [9.17, 15) is 32.3 Å². The molecule has 1 saturated carbocycles. The van der Waals surface area contributed by atoms with Crippen molar-refractivity contribution in [2.45, 2.75) is 20.0 Å². The molecule has 1 aliphatic rings. The quantitative estimate of drug-likeness (QED) is 0.381. The molecule has 1 rings (SSSR count). The lowest BCUT2D eigenvalue weighted by Gasteiger charge is -2.19. The highest BCUT2D eigenvalue weighted by Gasteiger charge is 3.00. The van der Waals surface area contributed by atoms with E-state index in [0.717, 1.165) is 0 Å². The van der Waals surface area contributed by atoms with Crippen molar-refractivity contribution in [3.63, 3.8) is 0 Å². The van der Waals surface area contributed by atoms with Gasteiger partial charge in [0.15, 0.2) is 0 Å². The third-order valence-corrected chi connectivity index (χ3v) is 3.94. The van der Waals surface area contributed by atoms with Crippen molar-refractivity contribution in [1.82, 2.24) is 0 Å². The number of rotatable bonds is 6. The van der Waals surface area contributed by atoms with Crippen molar-refractivity contribution in [3.8, 4) is 0 Å². The molecule has 1 aliphatic carbocycles. The van der Waals surface area contributed by atoms with Crippen molar-refractivity contribution in [2.75, 3.05) is 27.4 Å². The molecule has 0 bridgehead atoms. The Hall–Kier alpha value is -2.33. The van der Waals surface area contributed by atoms with Gasteiger partial charge in [0.05, 0.1) is 27.4 Å². The van der Waals surface area contributed by atoms with E-state index in [0.29, 0.717) is 14.2 Å². The molecule has 0 spiro atoms. The predicted octanol–water partition coefficient (Wildman–Crippen LogP) is 0.623. The van der Waals surface area contributed by atoms with Gasteiger partial charge >= 0.3 is 30.1 Å². The molecular weight excluding hydrogens is 353 g/mol. The van der Waals surface area contributed by atoms with Crippen LogP contribution >= 0.6 is 0 Å². The molecule has 0 amide bonds. The van der Waals surface area contributed by atoms with Crippen molar-refractivity contribution >= 4 is 23.9 Å². The summed E-state index contributed by atoms with van der Waals surface area (Å²) < 4.78 is 58.5. The Morgan fingerprint density at radius 3 is 1.36 bits per heavy atom. The maximum absolute atomic E-state index is 13.6. The van der Waals surface area contributed by atoms with E-state index < -0.39 is 60.0 Å². The van der Waals surface area contributed by atoms with Gasteiger partial charge in [0.2, 0.25) is 10.8 Å². The Morgan fingerprint density at radius 2 is 1.12 bits per heavy atom. The zero-order valence-electron chi connectivity index (χ0n) is 13.9. The Kier molecular flexibility index (Phi) is 5.70. The predicted molar refractivity (Wildman–Crippen MR) is 71.7 cm³/mol. The summed E-state index contributed by atoms with van der Waals surface area (Å²) >= 11 is 0. The van der Waals surface area contributed by atoms with Gasteiger partial charge in [0.1, 0.15) is 5.92 Å². The van der Waals surface area contributed by atoms with Crippen LogP contribution in [-0.4, -0.2) is 57.5 Å². The van der Waals surface area contributed by atoms with Gasteiger partial charge in [-0.1, -0.05) is 0 Å². The molecule has 1 unspecified atom stereocenters. The van der Waals surface area contributed by atoms with Crippen LogP contribution in [0.25, 0.3) is 0 Å². The maximum atomic E-state index is 13.6. The molecular formula is C14H17F3O8. The van der Waals surface area contributed by atoms with Crippen molar-refractivity contribution in [1.29, 1.82) is 0 Å². The van der Waals surface area contributed by atoms with Gasteiger partial charge in [0, 0.05) is 0 Å². The molecule has 0 saturated heterocycles. The van der Waals surface area contributed by atoms with Crippen LogP contribution in [0.15, 0.2) is 0 Å². The van der Waals surface area contributed by atoms with E-state index in [2.05, 4.69) is 18.9 Å². The van der Waals surface area contributed by atoms with Crippen LogP contribution in [-0.2, 0) is 38.1 Å². The van der Waals surface area contributed by atoms with Crippen LogP contribution < -0.4 is 0 Å². The van der Waals surface area contributed by atoms with Crippen LogP contribution in [0.4, 0.5) is 13.2 Å². The summed E-state index contributed by atoms with van der Waals surface area (Å²) in [5.74, 6) is -9.96. The fourth-order valence-electron chi connectivity index (χ4n) is 3.06. The van der Waals surface area contributed by atoms with E-state index in [1.54, 1.807) is 0 Å². The van der Waals surface area contributed by atoms with Crippen molar-refractivity contribution in [3.05, 3.63) is 0 Å². The smallest absolute Gasteiger partial charge is 0.395 e. The van der Waals surface area contributed by atoms with Gasteiger partial charge in [-0.2, -0.15) is 13.2 Å². The number of hydrogen-bond donors (Lipinski definition) is 0. The average molecular weight is 370 g/mol. The number of carbonyl (C=O) groups excluding carboxylic acids is 4. The molecule has 0 aromatic heterocycles. The second kappa shape index (κ2) is 6.89. The summed E-state index contributed by atoms with van der Waals surface area (Å²) in [6.45, 7) is 1.76. The zero-order chi connectivity index (χ0) is 19.6. The SMILES string of the molecule is CCOC(=O)C1(C(=O)OCC)C(C(F)(F)F)C1(C(=O)OC)C(=O)OC. The van der Waals surface area contributed by atoms with Crippen LogP contribution in [0.1, 0.15) is 13.8 Å². The summed E-state index contributed by atoms with van der Waals surface area (Å²) in [4.78, 5) is 48.9. The lowest BCUT2D eigenvalue weighted by molar-refractivity contribution is -0.183. The number of hydrogen-bond acceptors (Lipinski definition) is 8. The number of esters is 4. The third kappa shape index (κ3) is 2.61. The Labute approximate surface area is 140 Å². The molecule has 0 aromatic carbocycles. The molecule has 1 fully saturated rings. The van der Waals surface area contributed by atoms with Gasteiger partial charge in [0.25, 0.3) is 0 Å². The largest absolute Gasteiger partial charge is 0.468 e. The van der Waals surface area contributed by atoms with Gasteiger partial charge in [-0.05, 0) is 13.8 Å². The second-order valence-corrected chi connectivity index (χ2v) is 5.01. The van der Waals surface area contributed by atoms with Crippen LogP contribution in [0.2, 0.25) is 0 Å². The molecule has 0 aliphatic heterocycles. The average Bonchev–Trinajstić information content (AvgIpc) is 3.21. The molecule has 142 valence electrons. The molecule has 11 heteroatoms. The van der Waals surface area contributed by atoms with E-state index in [-0.39, 0.29) is 0 Å². The minimum atomic E-state index is -5.30. The maximum Gasteiger partial charge on any atom is 0.395 e. The standard InChI is InChI=1S/C14H17F3O8/c1-5-24-10(20)13(11(21)25-6-2)7(14(15,16)17)12(13,8(18)22-3)9(19)23-4/h7H,5-6H2,1-4H3. The monoisotopic (exact) mass is 370 g/mol. The molecule has 8 nitrogen and oxygen atoms in total. The first-order valence-electron chi connectivity index (χ1n) is 7.12. The fourth-order valence-corrected chi connectivity index (χ4v) is 3.06. The first kappa shape index (κ1) is 20.7. The summed E-state index contributed by atoms with van der Waals surface area (Å²) in [6.07, 6.45) is -5.30. The van der Waals surface area contributed by atoms with Gasteiger partial charge in [-0.25, -0.2) is 0 Å². The molecule has 0 heterocycles. The normalized spacial score (nSPS) is 20.2. The molecule has 1 atom stereocenters. The number of alkyl halides is 3. The summed E-state index contributed by atoms with van der Waals surface area (Å²) in [5, 5.41) is 0. The third-order valence-electron chi connectivity index (χ3n) is 3.94. The van der Waals surface area contributed by atoms with Crippen molar-refractivity contribution in [2.24, 2.45) is 16.7 Å². The van der Waals surface area contributed by atoms with E-state index >= 15 is 0 Å². The topological polar surface area (TPSA) is 105 Å². The number of methoxy groups -OCH3 is 2. The lowest BCUT2D eigenvalue weighted by atomic mass is 9.92. The lowest BCUT2D eigenvalue weighted by Crippen LogP contribution is -2.43. The van der Waals surface area contributed by atoms with Crippen LogP contribution in [0.5, 0.6) is 0 Å². The minimum Gasteiger partial charge on any atom is -0.468 e. The second-order valence-electron chi connectivity index (χ2n) is 5.01. The number of halogens is 3. The zero-order valence-corrected chi connectivity index (χ0v) is 13.9. The molecule has 0 N–H and O–H groups in total.